The van der Waals surface area contributed by atoms with Crippen LogP contribution >= 0.6 is 0 Å². The van der Waals surface area contributed by atoms with Gasteiger partial charge in [-0.1, -0.05) is 34.1 Å². The highest BCUT2D eigenvalue weighted by Crippen LogP contribution is 2.63. The van der Waals surface area contributed by atoms with Crippen LogP contribution in [0.3, 0.4) is 0 Å². The quantitative estimate of drug-likeness (QED) is 0.557. The Balaban J connectivity index is 2.15. The molecule has 0 aromatic heterocycles. The van der Waals surface area contributed by atoms with Crippen molar-refractivity contribution in [3.8, 4) is 0 Å². The lowest BCUT2D eigenvalue weighted by molar-refractivity contribution is -0.131. The predicted octanol–water partition coefficient (Wildman–Crippen LogP) is 3.71. The molecule has 0 saturated heterocycles. The molecular weight excluding hydrogens is 144 g/mol. The van der Waals surface area contributed by atoms with Crippen LogP contribution in [-0.4, -0.2) is 0 Å². The van der Waals surface area contributed by atoms with Gasteiger partial charge in [0.05, 0.1) is 0 Å². The van der Waals surface area contributed by atoms with Crippen LogP contribution < -0.4 is 0 Å². The van der Waals surface area contributed by atoms with E-state index in [4.69, 9.17) is 0 Å². The van der Waals surface area contributed by atoms with E-state index in [2.05, 4.69) is 27.7 Å². The van der Waals surface area contributed by atoms with Crippen LogP contribution in [-0.2, 0) is 0 Å². The van der Waals surface area contributed by atoms with Gasteiger partial charge in [0, 0.05) is 0 Å². The molecule has 0 heteroatoms. The standard InChI is InChI=1S/C12H22/c1-5-10-8(2)6-9-7-11(10)12(9,3)4/h8-11H,5-7H2,1-4H3/t8-,9+,10-,11+/m0/s1. The lowest BCUT2D eigenvalue weighted by Crippen LogP contribution is -2.54. The predicted molar refractivity (Wildman–Crippen MR) is 52.9 cm³/mol. The van der Waals surface area contributed by atoms with E-state index in [1.165, 1.54) is 19.3 Å². The van der Waals surface area contributed by atoms with Crippen molar-refractivity contribution >= 4 is 0 Å². The van der Waals surface area contributed by atoms with Crippen LogP contribution in [0.1, 0.15) is 47.0 Å². The second kappa shape index (κ2) is 2.49. The summed E-state index contributed by atoms with van der Waals surface area (Å²) in [6.45, 7) is 9.80. The highest BCUT2D eigenvalue weighted by molar-refractivity contribution is 5.04. The third kappa shape index (κ3) is 0.900. The smallest absolute Gasteiger partial charge is 0.0295 e. The fourth-order valence-electron chi connectivity index (χ4n) is 3.89. The molecular formula is C12H22. The Bertz CT molecular complexity index is 180. The topological polar surface area (TPSA) is 0 Å². The zero-order valence-corrected chi connectivity index (χ0v) is 8.93. The molecule has 3 aliphatic rings. The first-order chi connectivity index (χ1) is 5.57. The summed E-state index contributed by atoms with van der Waals surface area (Å²) in [5.41, 5.74) is 0.688. The fourth-order valence-corrected chi connectivity index (χ4v) is 3.89. The summed E-state index contributed by atoms with van der Waals surface area (Å²) >= 11 is 0. The maximum atomic E-state index is 2.49. The Morgan fingerprint density at radius 3 is 2.33 bits per heavy atom. The van der Waals surface area contributed by atoms with Crippen molar-refractivity contribution in [2.24, 2.45) is 29.1 Å². The molecule has 0 aromatic carbocycles. The molecule has 0 nitrogen and oxygen atoms in total. The average Bonchev–Trinajstić information content (AvgIpc) is 2.03. The van der Waals surface area contributed by atoms with E-state index >= 15 is 0 Å². The van der Waals surface area contributed by atoms with Gasteiger partial charge in [-0.2, -0.15) is 0 Å². The van der Waals surface area contributed by atoms with Crippen LogP contribution in [0.4, 0.5) is 0 Å². The Morgan fingerprint density at radius 2 is 1.92 bits per heavy atom. The third-order valence-corrected chi connectivity index (χ3v) is 4.92. The van der Waals surface area contributed by atoms with Crippen molar-refractivity contribution in [2.45, 2.75) is 47.0 Å². The highest BCUT2D eigenvalue weighted by atomic mass is 14.6. The molecule has 12 heavy (non-hydrogen) atoms. The molecule has 3 rings (SSSR count). The van der Waals surface area contributed by atoms with Gasteiger partial charge in [0.2, 0.25) is 0 Å². The van der Waals surface area contributed by atoms with Crippen molar-refractivity contribution in [1.82, 2.24) is 0 Å². The van der Waals surface area contributed by atoms with Gasteiger partial charge in [0.15, 0.2) is 0 Å². The van der Waals surface area contributed by atoms with Crippen LogP contribution in [0.15, 0.2) is 0 Å². The van der Waals surface area contributed by atoms with Gasteiger partial charge in [0.1, 0.15) is 0 Å². The minimum atomic E-state index is 0.688. The number of rotatable bonds is 1. The van der Waals surface area contributed by atoms with Gasteiger partial charge in [-0.15, -0.1) is 0 Å². The Kier molecular flexibility index (Phi) is 1.79. The monoisotopic (exact) mass is 166 g/mol. The summed E-state index contributed by atoms with van der Waals surface area (Å²) in [6.07, 6.45) is 4.44. The van der Waals surface area contributed by atoms with Gasteiger partial charge in [-0.3, -0.25) is 0 Å². The molecule has 3 saturated carbocycles. The Labute approximate surface area is 76.7 Å². The summed E-state index contributed by atoms with van der Waals surface area (Å²) in [4.78, 5) is 0. The largest absolute Gasteiger partial charge is 0.0651 e. The first kappa shape index (κ1) is 8.59. The molecule has 0 amide bonds. The van der Waals surface area contributed by atoms with Crippen LogP contribution in [0.5, 0.6) is 0 Å². The maximum absolute atomic E-state index is 2.49. The van der Waals surface area contributed by atoms with Gasteiger partial charge in [-0.05, 0) is 41.9 Å². The molecule has 0 radical (unpaired) electrons. The molecule has 0 heterocycles. The lowest BCUT2D eigenvalue weighted by Gasteiger charge is -2.62. The molecule has 0 spiro atoms. The second-order valence-electron chi connectivity index (χ2n) is 5.65. The second-order valence-corrected chi connectivity index (χ2v) is 5.65. The number of hydrogen-bond donors (Lipinski definition) is 0. The van der Waals surface area contributed by atoms with E-state index in [1.54, 1.807) is 0 Å². The van der Waals surface area contributed by atoms with Crippen molar-refractivity contribution in [3.63, 3.8) is 0 Å². The summed E-state index contributed by atoms with van der Waals surface area (Å²) < 4.78 is 0. The minimum absolute atomic E-state index is 0.688. The normalized spacial score (nSPS) is 50.0. The molecule has 0 aromatic rings. The molecule has 3 fully saturated rings. The van der Waals surface area contributed by atoms with E-state index in [9.17, 15) is 0 Å². The molecule has 3 aliphatic carbocycles. The van der Waals surface area contributed by atoms with Crippen LogP contribution in [0, 0.1) is 29.1 Å². The molecule has 0 aliphatic heterocycles. The summed E-state index contributed by atoms with van der Waals surface area (Å²) in [6, 6.07) is 0. The Hall–Kier alpha value is 0. The maximum Gasteiger partial charge on any atom is -0.0295 e. The van der Waals surface area contributed by atoms with Gasteiger partial charge in [-0.25, -0.2) is 0 Å². The van der Waals surface area contributed by atoms with Crippen molar-refractivity contribution in [3.05, 3.63) is 0 Å². The zero-order valence-electron chi connectivity index (χ0n) is 8.93. The first-order valence-electron chi connectivity index (χ1n) is 5.57. The highest BCUT2D eigenvalue weighted by Gasteiger charge is 2.55. The van der Waals surface area contributed by atoms with Gasteiger partial charge in [0.25, 0.3) is 0 Å². The fraction of sp³-hybridized carbons (Fsp3) is 1.00. The molecule has 0 N–H and O–H groups in total. The van der Waals surface area contributed by atoms with E-state index in [-0.39, 0.29) is 0 Å². The summed E-state index contributed by atoms with van der Waals surface area (Å²) in [7, 11) is 0. The van der Waals surface area contributed by atoms with Gasteiger partial charge < -0.3 is 0 Å². The zero-order chi connectivity index (χ0) is 8.93. The van der Waals surface area contributed by atoms with Crippen molar-refractivity contribution in [1.29, 1.82) is 0 Å². The number of fused-ring (bicyclic) bond motifs is 2. The van der Waals surface area contributed by atoms with Crippen molar-refractivity contribution in [2.75, 3.05) is 0 Å². The molecule has 2 bridgehead atoms. The average molecular weight is 166 g/mol. The molecule has 4 atom stereocenters. The molecule has 70 valence electrons. The summed E-state index contributed by atoms with van der Waals surface area (Å²) in [5, 5.41) is 0. The van der Waals surface area contributed by atoms with Crippen LogP contribution in [0.2, 0.25) is 0 Å². The van der Waals surface area contributed by atoms with E-state index in [0.717, 1.165) is 23.7 Å². The number of hydrogen-bond acceptors (Lipinski definition) is 0. The van der Waals surface area contributed by atoms with Crippen LogP contribution in [0.25, 0.3) is 0 Å². The van der Waals surface area contributed by atoms with E-state index < -0.39 is 0 Å². The first-order valence-corrected chi connectivity index (χ1v) is 5.57. The Morgan fingerprint density at radius 1 is 1.25 bits per heavy atom. The van der Waals surface area contributed by atoms with Crippen molar-refractivity contribution < 1.29 is 0 Å². The summed E-state index contributed by atoms with van der Waals surface area (Å²) in [5.74, 6) is 4.15. The van der Waals surface area contributed by atoms with Gasteiger partial charge >= 0.3 is 0 Å². The van der Waals surface area contributed by atoms with E-state index in [0.29, 0.717) is 5.41 Å². The third-order valence-electron chi connectivity index (χ3n) is 4.92. The minimum Gasteiger partial charge on any atom is -0.0651 e. The lowest BCUT2D eigenvalue weighted by atomic mass is 9.43. The SMILES string of the molecule is CC[C@@H]1[C@H]2C[C@@H](C[C@@H]1C)C2(C)C. The van der Waals surface area contributed by atoms with E-state index in [1.807, 2.05) is 0 Å². The molecule has 0 unspecified atom stereocenters.